The van der Waals surface area contributed by atoms with Gasteiger partial charge in [-0.05, 0) is 12.1 Å². The molecule has 0 unspecified atom stereocenters. The summed E-state index contributed by atoms with van der Waals surface area (Å²) in [6.07, 6.45) is -0.749. The number of carbonyl (C=O) groups is 1. The summed E-state index contributed by atoms with van der Waals surface area (Å²) in [5, 5.41) is 16.2. The van der Waals surface area contributed by atoms with Crippen LogP contribution in [-0.4, -0.2) is 40.5 Å². The van der Waals surface area contributed by atoms with E-state index in [1.165, 1.54) is 0 Å². The number of methoxy groups -OCH3 is 1. The highest BCUT2D eigenvalue weighted by atomic mass is 16.5. The van der Waals surface area contributed by atoms with Crippen molar-refractivity contribution in [3.8, 4) is 17.0 Å². The van der Waals surface area contributed by atoms with Crippen molar-refractivity contribution in [1.82, 2.24) is 9.78 Å². The van der Waals surface area contributed by atoms with Gasteiger partial charge in [0.25, 0.3) is 0 Å². The van der Waals surface area contributed by atoms with Crippen molar-refractivity contribution in [3.63, 3.8) is 0 Å². The Kier molecular flexibility index (Phi) is 5.02. The van der Waals surface area contributed by atoms with Crippen LogP contribution in [-0.2, 0) is 17.9 Å². The Labute approximate surface area is 179 Å². The monoisotopic (exact) mass is 414 g/mol. The number of benzene rings is 3. The molecular formula is C25H22N2O4. The third-order valence-electron chi connectivity index (χ3n) is 5.59. The van der Waals surface area contributed by atoms with E-state index < -0.39 is 6.10 Å². The lowest BCUT2D eigenvalue weighted by Crippen LogP contribution is -2.22. The van der Waals surface area contributed by atoms with Crippen molar-refractivity contribution >= 4 is 16.7 Å². The van der Waals surface area contributed by atoms with Crippen LogP contribution in [0.1, 0.15) is 21.5 Å². The number of hydrogen-bond donors (Lipinski definition) is 1. The molecule has 0 radical (unpaired) electrons. The molecule has 1 aromatic heterocycles. The van der Waals surface area contributed by atoms with E-state index in [-0.39, 0.29) is 18.9 Å². The van der Waals surface area contributed by atoms with Crippen LogP contribution >= 0.6 is 0 Å². The number of nitrogens with zero attached hydrogens (tertiary/aromatic N) is 2. The third-order valence-corrected chi connectivity index (χ3v) is 5.59. The van der Waals surface area contributed by atoms with Gasteiger partial charge in [-0.1, -0.05) is 54.6 Å². The summed E-state index contributed by atoms with van der Waals surface area (Å²) < 4.78 is 12.8. The molecule has 3 aromatic carbocycles. The molecule has 1 atom stereocenters. The Balaban J connectivity index is 1.37. The fraction of sp³-hybridized carbons (Fsp3) is 0.200. The van der Waals surface area contributed by atoms with E-state index in [0.29, 0.717) is 17.7 Å². The number of para-hydroxylation sites is 1. The van der Waals surface area contributed by atoms with Crippen LogP contribution in [0.4, 0.5) is 0 Å². The first-order valence-electron chi connectivity index (χ1n) is 10.2. The number of carbonyl (C=O) groups excluding carboxylic acids is 1. The molecule has 0 bridgehead atoms. The summed E-state index contributed by atoms with van der Waals surface area (Å²) >= 11 is 0. The summed E-state index contributed by atoms with van der Waals surface area (Å²) in [7, 11) is 1.62. The molecule has 0 spiro atoms. The molecule has 31 heavy (non-hydrogen) atoms. The zero-order chi connectivity index (χ0) is 21.4. The number of hydrogen-bond acceptors (Lipinski definition) is 5. The minimum absolute atomic E-state index is 0.00828. The summed E-state index contributed by atoms with van der Waals surface area (Å²) in [4.78, 5) is 12.9. The van der Waals surface area contributed by atoms with Crippen molar-refractivity contribution in [2.75, 3.05) is 13.7 Å². The molecule has 4 aromatic rings. The van der Waals surface area contributed by atoms with Gasteiger partial charge in [-0.15, -0.1) is 0 Å². The highest BCUT2D eigenvalue weighted by molar-refractivity contribution is 6.25. The van der Waals surface area contributed by atoms with E-state index in [9.17, 15) is 9.90 Å². The highest BCUT2D eigenvalue weighted by Gasteiger charge is 2.28. The van der Waals surface area contributed by atoms with Gasteiger partial charge >= 0.3 is 0 Å². The Bertz CT molecular complexity index is 1280. The van der Waals surface area contributed by atoms with Crippen molar-refractivity contribution in [3.05, 3.63) is 83.4 Å². The first-order valence-corrected chi connectivity index (χ1v) is 10.2. The van der Waals surface area contributed by atoms with E-state index in [4.69, 9.17) is 14.6 Å². The smallest absolute Gasteiger partial charge is 0.194 e. The largest absolute Gasteiger partial charge is 0.496 e. The summed E-state index contributed by atoms with van der Waals surface area (Å²) in [5.41, 5.74) is 4.68. The quantitative estimate of drug-likeness (QED) is 0.438. The Hall–Kier alpha value is -3.48. The molecule has 1 aliphatic rings. The fourth-order valence-corrected chi connectivity index (χ4v) is 4.16. The second-order valence-electron chi connectivity index (χ2n) is 7.59. The second kappa shape index (κ2) is 7.98. The van der Waals surface area contributed by atoms with E-state index in [1.807, 2.05) is 66.7 Å². The van der Waals surface area contributed by atoms with Crippen LogP contribution in [0.3, 0.4) is 0 Å². The van der Waals surface area contributed by atoms with Crippen molar-refractivity contribution in [2.24, 2.45) is 0 Å². The molecule has 1 heterocycles. The maximum absolute atomic E-state index is 12.9. The van der Waals surface area contributed by atoms with E-state index in [1.54, 1.807) is 11.8 Å². The summed E-state index contributed by atoms with van der Waals surface area (Å²) in [5.74, 6) is 0.767. The number of fused-ring (bicyclic) bond motifs is 2. The van der Waals surface area contributed by atoms with Crippen molar-refractivity contribution in [2.45, 2.75) is 19.3 Å². The van der Waals surface area contributed by atoms with Crippen molar-refractivity contribution in [1.29, 1.82) is 0 Å². The molecule has 0 saturated heterocycles. The molecule has 1 aliphatic carbocycles. The summed E-state index contributed by atoms with van der Waals surface area (Å²) in [6, 6.07) is 20.8. The first kappa shape index (κ1) is 19.5. The van der Waals surface area contributed by atoms with Gasteiger partial charge in [0.15, 0.2) is 5.78 Å². The normalized spacial score (nSPS) is 13.3. The molecule has 1 N–H and O–H groups in total. The molecule has 5 rings (SSSR count). The number of aromatic nitrogens is 2. The number of aliphatic hydroxyl groups excluding tert-OH is 1. The number of aliphatic hydroxyl groups is 1. The fourth-order valence-electron chi connectivity index (χ4n) is 4.16. The molecule has 6 heteroatoms. The maximum atomic E-state index is 12.9. The summed E-state index contributed by atoms with van der Waals surface area (Å²) in [6.45, 7) is 0.768. The van der Waals surface area contributed by atoms with Gasteiger partial charge in [-0.25, -0.2) is 0 Å². The Morgan fingerprint density at radius 1 is 0.968 bits per heavy atom. The van der Waals surface area contributed by atoms with Gasteiger partial charge in [0, 0.05) is 27.6 Å². The maximum Gasteiger partial charge on any atom is 0.194 e. The van der Waals surface area contributed by atoms with Crippen LogP contribution in [0, 0.1) is 0 Å². The average Bonchev–Trinajstić information content (AvgIpc) is 3.17. The molecule has 0 saturated carbocycles. The SMILES string of the molecule is COc1ccccc1COC[C@H](O)Cn1nc2c3c(cccc31)C(=O)c1ccccc1-2. The van der Waals surface area contributed by atoms with Gasteiger partial charge < -0.3 is 14.6 Å². The molecule has 0 fully saturated rings. The minimum Gasteiger partial charge on any atom is -0.496 e. The molecule has 0 amide bonds. The third kappa shape index (κ3) is 3.40. The standard InChI is InChI=1S/C25H22N2O4/c1-30-22-12-5-2-7-16(22)14-31-15-17(28)13-27-21-11-6-10-20-23(21)24(26-27)18-8-3-4-9-19(18)25(20)29/h2-12,17,28H,13-15H2,1H3/t17-/m1/s1. The number of ether oxygens (including phenoxy) is 2. The molecule has 6 nitrogen and oxygen atoms in total. The van der Waals surface area contributed by atoms with Gasteiger partial charge in [0.05, 0.1) is 38.5 Å². The lowest BCUT2D eigenvalue weighted by Gasteiger charge is -2.14. The van der Waals surface area contributed by atoms with E-state index in [2.05, 4.69) is 0 Å². The Morgan fingerprint density at radius 3 is 2.55 bits per heavy atom. The highest BCUT2D eigenvalue weighted by Crippen LogP contribution is 2.38. The lowest BCUT2D eigenvalue weighted by molar-refractivity contribution is 0.0188. The number of rotatable bonds is 7. The molecular weight excluding hydrogens is 392 g/mol. The topological polar surface area (TPSA) is 73.6 Å². The average molecular weight is 414 g/mol. The van der Waals surface area contributed by atoms with Gasteiger partial charge in [0.2, 0.25) is 0 Å². The van der Waals surface area contributed by atoms with Crippen LogP contribution in [0.2, 0.25) is 0 Å². The van der Waals surface area contributed by atoms with Crippen molar-refractivity contribution < 1.29 is 19.4 Å². The first-order chi connectivity index (χ1) is 15.2. The van der Waals surface area contributed by atoms with Crippen LogP contribution in [0.25, 0.3) is 22.2 Å². The van der Waals surface area contributed by atoms with Crippen LogP contribution < -0.4 is 4.74 Å². The van der Waals surface area contributed by atoms with Crippen LogP contribution in [0.5, 0.6) is 5.75 Å². The van der Waals surface area contributed by atoms with Crippen LogP contribution in [0.15, 0.2) is 66.7 Å². The number of ketones is 1. The zero-order valence-corrected chi connectivity index (χ0v) is 17.1. The predicted octanol–water partition coefficient (Wildman–Crippen LogP) is 3.83. The Morgan fingerprint density at radius 2 is 1.71 bits per heavy atom. The van der Waals surface area contributed by atoms with E-state index in [0.717, 1.165) is 33.5 Å². The zero-order valence-electron chi connectivity index (χ0n) is 17.1. The van der Waals surface area contributed by atoms with Gasteiger partial charge in [-0.3, -0.25) is 9.48 Å². The second-order valence-corrected chi connectivity index (χ2v) is 7.59. The molecule has 0 aliphatic heterocycles. The van der Waals surface area contributed by atoms with Gasteiger partial charge in [-0.2, -0.15) is 5.10 Å². The lowest BCUT2D eigenvalue weighted by atomic mass is 9.87. The minimum atomic E-state index is -0.749. The molecule has 156 valence electrons. The van der Waals surface area contributed by atoms with Gasteiger partial charge in [0.1, 0.15) is 11.4 Å². The predicted molar refractivity (Wildman–Crippen MR) is 117 cm³/mol. The van der Waals surface area contributed by atoms with E-state index >= 15 is 0 Å².